The van der Waals surface area contributed by atoms with Crippen molar-refractivity contribution < 1.29 is 14.3 Å². The van der Waals surface area contributed by atoms with Crippen LogP contribution in [0.4, 0.5) is 11.4 Å². The van der Waals surface area contributed by atoms with Crippen molar-refractivity contribution in [2.45, 2.75) is 6.92 Å². The van der Waals surface area contributed by atoms with Gasteiger partial charge in [0.15, 0.2) is 0 Å². The van der Waals surface area contributed by atoms with Gasteiger partial charge in [0.1, 0.15) is 5.75 Å². The Bertz CT molecular complexity index is 965. The van der Waals surface area contributed by atoms with Crippen molar-refractivity contribution in [1.29, 1.82) is 0 Å². The first-order valence-electron chi connectivity index (χ1n) is 8.49. The van der Waals surface area contributed by atoms with Crippen molar-refractivity contribution in [1.82, 2.24) is 0 Å². The normalized spacial score (nSPS) is 10.1. The summed E-state index contributed by atoms with van der Waals surface area (Å²) in [5.41, 5.74) is 3.31. The van der Waals surface area contributed by atoms with Crippen LogP contribution in [0.3, 0.4) is 0 Å². The van der Waals surface area contributed by atoms with E-state index in [-0.39, 0.29) is 11.8 Å². The van der Waals surface area contributed by atoms with Crippen LogP contribution in [0.1, 0.15) is 26.3 Å². The number of carbonyl (C=O) groups is 2. The molecule has 0 bridgehead atoms. The highest BCUT2D eigenvalue weighted by atomic mass is 16.5. The van der Waals surface area contributed by atoms with Gasteiger partial charge in [-0.2, -0.15) is 0 Å². The molecule has 0 heterocycles. The van der Waals surface area contributed by atoms with Crippen LogP contribution in [0.2, 0.25) is 0 Å². The van der Waals surface area contributed by atoms with E-state index < -0.39 is 0 Å². The van der Waals surface area contributed by atoms with E-state index in [1.165, 1.54) is 0 Å². The van der Waals surface area contributed by atoms with E-state index in [2.05, 4.69) is 10.6 Å². The average molecular weight is 360 g/mol. The lowest BCUT2D eigenvalue weighted by Crippen LogP contribution is -2.14. The summed E-state index contributed by atoms with van der Waals surface area (Å²) in [5, 5.41) is 5.65. The highest BCUT2D eigenvalue weighted by Crippen LogP contribution is 2.24. The van der Waals surface area contributed by atoms with Crippen LogP contribution in [0.25, 0.3) is 0 Å². The molecule has 0 unspecified atom stereocenters. The second-order valence-electron chi connectivity index (χ2n) is 6.06. The van der Waals surface area contributed by atoms with E-state index in [0.29, 0.717) is 28.3 Å². The average Bonchev–Trinajstić information content (AvgIpc) is 2.69. The zero-order valence-corrected chi connectivity index (χ0v) is 15.2. The molecule has 0 saturated heterocycles. The molecule has 0 aliphatic rings. The molecule has 3 aromatic carbocycles. The molecular weight excluding hydrogens is 340 g/mol. The first kappa shape index (κ1) is 18.2. The molecule has 5 nitrogen and oxygen atoms in total. The Kier molecular flexibility index (Phi) is 5.52. The maximum atomic E-state index is 12.4. The van der Waals surface area contributed by atoms with Crippen molar-refractivity contribution in [2.75, 3.05) is 17.7 Å². The minimum absolute atomic E-state index is 0.190. The predicted molar refractivity (Wildman–Crippen MR) is 107 cm³/mol. The van der Waals surface area contributed by atoms with Crippen LogP contribution in [-0.4, -0.2) is 18.9 Å². The smallest absolute Gasteiger partial charge is 0.255 e. The quantitative estimate of drug-likeness (QED) is 0.703. The van der Waals surface area contributed by atoms with Crippen molar-refractivity contribution in [3.63, 3.8) is 0 Å². The minimum Gasteiger partial charge on any atom is -0.495 e. The molecule has 0 aromatic heterocycles. The molecule has 0 radical (unpaired) electrons. The molecule has 3 aromatic rings. The topological polar surface area (TPSA) is 67.4 Å². The third kappa shape index (κ3) is 4.52. The number of ether oxygens (including phenoxy) is 1. The van der Waals surface area contributed by atoms with Gasteiger partial charge in [-0.15, -0.1) is 0 Å². The lowest BCUT2D eigenvalue weighted by molar-refractivity contribution is 0.101. The second kappa shape index (κ2) is 8.19. The second-order valence-corrected chi connectivity index (χ2v) is 6.06. The van der Waals surface area contributed by atoms with Gasteiger partial charge in [0.25, 0.3) is 11.8 Å². The van der Waals surface area contributed by atoms with Crippen LogP contribution in [-0.2, 0) is 0 Å². The number of para-hydroxylation sites is 2. The van der Waals surface area contributed by atoms with Crippen LogP contribution in [0.15, 0.2) is 72.8 Å². The van der Waals surface area contributed by atoms with E-state index in [4.69, 9.17) is 4.74 Å². The number of amides is 2. The number of rotatable bonds is 5. The van der Waals surface area contributed by atoms with E-state index >= 15 is 0 Å². The molecule has 2 N–H and O–H groups in total. The highest BCUT2D eigenvalue weighted by Gasteiger charge is 2.10. The van der Waals surface area contributed by atoms with Gasteiger partial charge >= 0.3 is 0 Å². The number of carbonyl (C=O) groups excluding carboxylic acids is 2. The molecule has 0 aliphatic carbocycles. The van der Waals surface area contributed by atoms with E-state index in [1.807, 2.05) is 37.3 Å². The number of methoxy groups -OCH3 is 1. The maximum absolute atomic E-state index is 12.4. The Labute approximate surface area is 158 Å². The molecule has 5 heteroatoms. The molecule has 27 heavy (non-hydrogen) atoms. The van der Waals surface area contributed by atoms with Crippen molar-refractivity contribution in [2.24, 2.45) is 0 Å². The van der Waals surface area contributed by atoms with Gasteiger partial charge in [-0.1, -0.05) is 29.8 Å². The fraction of sp³-hybridized carbons (Fsp3) is 0.0909. The van der Waals surface area contributed by atoms with Crippen LogP contribution >= 0.6 is 0 Å². The summed E-state index contributed by atoms with van der Waals surface area (Å²) in [5.74, 6) is 0.147. The summed E-state index contributed by atoms with van der Waals surface area (Å²) >= 11 is 0. The number of benzene rings is 3. The van der Waals surface area contributed by atoms with Crippen LogP contribution < -0.4 is 15.4 Å². The van der Waals surface area contributed by atoms with Gasteiger partial charge in [0, 0.05) is 16.8 Å². The lowest BCUT2D eigenvalue weighted by atomic mass is 10.1. The van der Waals surface area contributed by atoms with Crippen molar-refractivity contribution in [3.8, 4) is 5.75 Å². The zero-order valence-electron chi connectivity index (χ0n) is 15.2. The zero-order chi connectivity index (χ0) is 19.2. The number of anilines is 2. The van der Waals surface area contributed by atoms with Gasteiger partial charge in [0.2, 0.25) is 0 Å². The third-order valence-corrected chi connectivity index (χ3v) is 4.04. The molecule has 0 aliphatic heterocycles. The Balaban J connectivity index is 1.68. The van der Waals surface area contributed by atoms with Gasteiger partial charge in [-0.3, -0.25) is 9.59 Å². The van der Waals surface area contributed by atoms with Crippen molar-refractivity contribution in [3.05, 3.63) is 89.5 Å². The largest absolute Gasteiger partial charge is 0.495 e. The number of aryl methyl sites for hydroxylation is 1. The SMILES string of the molecule is COc1ccccc1NC(=O)c1ccc(NC(=O)c2cccc(C)c2)cc1. The molecule has 136 valence electrons. The number of nitrogens with one attached hydrogen (secondary N) is 2. The fourth-order valence-corrected chi connectivity index (χ4v) is 2.64. The van der Waals surface area contributed by atoms with E-state index in [9.17, 15) is 9.59 Å². The summed E-state index contributed by atoms with van der Waals surface area (Å²) < 4.78 is 5.23. The predicted octanol–water partition coefficient (Wildman–Crippen LogP) is 4.51. The summed E-state index contributed by atoms with van der Waals surface area (Å²) in [4.78, 5) is 24.7. The van der Waals surface area contributed by atoms with Gasteiger partial charge in [0.05, 0.1) is 12.8 Å². The number of hydrogen-bond donors (Lipinski definition) is 2. The fourth-order valence-electron chi connectivity index (χ4n) is 2.64. The Morgan fingerprint density at radius 1 is 0.778 bits per heavy atom. The summed E-state index contributed by atoms with van der Waals surface area (Å²) in [6, 6.07) is 21.3. The van der Waals surface area contributed by atoms with Gasteiger partial charge < -0.3 is 15.4 Å². The van der Waals surface area contributed by atoms with E-state index in [1.54, 1.807) is 49.6 Å². The van der Waals surface area contributed by atoms with Gasteiger partial charge in [-0.05, 0) is 55.5 Å². The Morgan fingerprint density at radius 3 is 2.19 bits per heavy atom. The minimum atomic E-state index is -0.254. The van der Waals surface area contributed by atoms with E-state index in [0.717, 1.165) is 5.56 Å². The van der Waals surface area contributed by atoms with Crippen molar-refractivity contribution >= 4 is 23.2 Å². The maximum Gasteiger partial charge on any atom is 0.255 e. The van der Waals surface area contributed by atoms with Crippen LogP contribution in [0, 0.1) is 6.92 Å². The highest BCUT2D eigenvalue weighted by molar-refractivity contribution is 6.06. The molecule has 3 rings (SSSR count). The molecule has 0 saturated carbocycles. The monoisotopic (exact) mass is 360 g/mol. The third-order valence-electron chi connectivity index (χ3n) is 4.04. The summed E-state index contributed by atoms with van der Waals surface area (Å²) in [6.45, 7) is 1.94. The lowest BCUT2D eigenvalue weighted by Gasteiger charge is -2.10. The molecule has 2 amide bonds. The molecule has 0 atom stereocenters. The standard InChI is InChI=1S/C22H20N2O3/c1-15-6-5-7-17(14-15)22(26)23-18-12-10-16(11-13-18)21(25)24-19-8-3-4-9-20(19)27-2/h3-14H,1-2H3,(H,23,26)(H,24,25). The molecular formula is C22H20N2O3. The summed E-state index contributed by atoms with van der Waals surface area (Å²) in [6.07, 6.45) is 0. The van der Waals surface area contributed by atoms with Gasteiger partial charge in [-0.25, -0.2) is 0 Å². The summed E-state index contributed by atoms with van der Waals surface area (Å²) in [7, 11) is 1.55. The van der Waals surface area contributed by atoms with Crippen LogP contribution in [0.5, 0.6) is 5.75 Å². The molecule has 0 spiro atoms. The Hall–Kier alpha value is -3.60. The first-order valence-corrected chi connectivity index (χ1v) is 8.49. The first-order chi connectivity index (χ1) is 13.1. The number of hydrogen-bond acceptors (Lipinski definition) is 3. The Morgan fingerprint density at radius 2 is 1.48 bits per heavy atom. The molecule has 0 fully saturated rings.